The molecule has 1 aliphatic rings. The molecule has 0 aliphatic heterocycles. The van der Waals surface area contributed by atoms with Gasteiger partial charge in [-0.05, 0) is 50.8 Å². The minimum Gasteiger partial charge on any atom is -0.366 e. The van der Waals surface area contributed by atoms with Crippen LogP contribution in [0.4, 0.5) is 5.82 Å². The van der Waals surface area contributed by atoms with E-state index in [0.717, 1.165) is 31.4 Å². The van der Waals surface area contributed by atoms with Gasteiger partial charge in [-0.2, -0.15) is 10.4 Å². The Morgan fingerprint density at radius 3 is 2.78 bits per heavy atom. The van der Waals surface area contributed by atoms with Crippen molar-refractivity contribution in [2.45, 2.75) is 44.7 Å². The summed E-state index contributed by atoms with van der Waals surface area (Å²) in [5, 5.41) is 16.8. The number of nitriles is 1. The van der Waals surface area contributed by atoms with Gasteiger partial charge >= 0.3 is 0 Å². The summed E-state index contributed by atoms with van der Waals surface area (Å²) in [4.78, 5) is 16.2. The van der Waals surface area contributed by atoms with Crippen LogP contribution in [0.2, 0.25) is 0 Å². The summed E-state index contributed by atoms with van der Waals surface area (Å²) in [6.07, 6.45) is 5.32. The maximum Gasteiger partial charge on any atom is 0.267 e. The number of hydrogen-bond acceptors (Lipinski definition) is 5. The molecule has 3 rings (SSSR count). The molecule has 0 unspecified atom stereocenters. The van der Waals surface area contributed by atoms with Gasteiger partial charge in [-0.1, -0.05) is 0 Å². The van der Waals surface area contributed by atoms with Gasteiger partial charge < -0.3 is 5.32 Å². The number of nitrogens with one attached hydrogen (secondary N) is 1. The van der Waals surface area contributed by atoms with E-state index in [1.165, 1.54) is 0 Å². The first kappa shape index (κ1) is 15.2. The molecule has 0 spiro atoms. The molecule has 1 N–H and O–H groups in total. The Morgan fingerprint density at radius 1 is 1.26 bits per heavy atom. The third kappa shape index (κ3) is 3.39. The smallest absolute Gasteiger partial charge is 0.267 e. The van der Waals surface area contributed by atoms with Crippen LogP contribution in [0.3, 0.4) is 0 Å². The lowest BCUT2D eigenvalue weighted by Crippen LogP contribution is -2.33. The summed E-state index contributed by atoms with van der Waals surface area (Å²) in [5.74, 6) is 0.643. The van der Waals surface area contributed by atoms with Crippen molar-refractivity contribution in [3.05, 3.63) is 52.1 Å². The third-order valence-corrected chi connectivity index (χ3v) is 4.27. The molecular formula is C17H19N5O. The molecule has 6 heteroatoms. The standard InChI is InChI=1S/C17H19N5O/c1-12-4-9-16(23)22(21-12)15-7-5-14(6-8-15)20-17-13(11-18)3-2-10-19-17/h2-4,9-10,14-15H,5-8H2,1H3,(H,19,20). The zero-order chi connectivity index (χ0) is 16.2. The Labute approximate surface area is 134 Å². The highest BCUT2D eigenvalue weighted by Crippen LogP contribution is 2.29. The third-order valence-electron chi connectivity index (χ3n) is 4.27. The largest absolute Gasteiger partial charge is 0.366 e. The lowest BCUT2D eigenvalue weighted by atomic mass is 9.91. The fourth-order valence-electron chi connectivity index (χ4n) is 3.05. The molecule has 1 saturated carbocycles. The molecule has 118 valence electrons. The van der Waals surface area contributed by atoms with Crippen molar-refractivity contribution in [1.82, 2.24) is 14.8 Å². The highest BCUT2D eigenvalue weighted by atomic mass is 16.1. The SMILES string of the molecule is Cc1ccc(=O)n(C2CCC(Nc3ncccc3C#N)CC2)n1. The Morgan fingerprint density at radius 2 is 2.04 bits per heavy atom. The molecule has 2 aromatic heterocycles. The van der Waals surface area contributed by atoms with E-state index in [9.17, 15) is 4.79 Å². The van der Waals surface area contributed by atoms with Crippen LogP contribution in [0.5, 0.6) is 0 Å². The van der Waals surface area contributed by atoms with Gasteiger partial charge in [0.2, 0.25) is 0 Å². The monoisotopic (exact) mass is 309 g/mol. The van der Waals surface area contributed by atoms with E-state index in [0.29, 0.717) is 11.4 Å². The van der Waals surface area contributed by atoms with Crippen molar-refractivity contribution >= 4 is 5.82 Å². The molecule has 6 nitrogen and oxygen atoms in total. The number of anilines is 1. The minimum absolute atomic E-state index is 0.0384. The van der Waals surface area contributed by atoms with Crippen LogP contribution in [0.25, 0.3) is 0 Å². The summed E-state index contributed by atoms with van der Waals surface area (Å²) >= 11 is 0. The van der Waals surface area contributed by atoms with Crippen molar-refractivity contribution in [3.63, 3.8) is 0 Å². The summed E-state index contributed by atoms with van der Waals surface area (Å²) in [6.45, 7) is 1.90. The van der Waals surface area contributed by atoms with Gasteiger partial charge in [0.15, 0.2) is 0 Å². The fraction of sp³-hybridized carbons (Fsp3) is 0.412. The highest BCUT2D eigenvalue weighted by Gasteiger charge is 2.24. The molecular weight excluding hydrogens is 290 g/mol. The summed E-state index contributed by atoms with van der Waals surface area (Å²) in [5.41, 5.74) is 1.38. The molecule has 0 radical (unpaired) electrons. The minimum atomic E-state index is -0.0384. The van der Waals surface area contributed by atoms with Gasteiger partial charge in [0.05, 0.1) is 17.3 Å². The van der Waals surface area contributed by atoms with Gasteiger partial charge in [-0.3, -0.25) is 4.79 Å². The molecule has 2 aromatic rings. The van der Waals surface area contributed by atoms with Crippen molar-refractivity contribution in [2.24, 2.45) is 0 Å². The molecule has 1 fully saturated rings. The van der Waals surface area contributed by atoms with Crippen LogP contribution in [0.15, 0.2) is 35.3 Å². The van der Waals surface area contributed by atoms with E-state index in [1.54, 1.807) is 35.1 Å². The van der Waals surface area contributed by atoms with Crippen LogP contribution in [-0.4, -0.2) is 20.8 Å². The maximum absolute atomic E-state index is 12.0. The van der Waals surface area contributed by atoms with Crippen LogP contribution >= 0.6 is 0 Å². The van der Waals surface area contributed by atoms with Gasteiger partial charge in [0.1, 0.15) is 11.9 Å². The number of pyridine rings is 1. The Hall–Kier alpha value is -2.68. The van der Waals surface area contributed by atoms with Crippen molar-refractivity contribution in [1.29, 1.82) is 5.26 Å². The molecule has 23 heavy (non-hydrogen) atoms. The first-order valence-electron chi connectivity index (χ1n) is 7.85. The maximum atomic E-state index is 12.0. The zero-order valence-electron chi connectivity index (χ0n) is 13.1. The second-order valence-corrected chi connectivity index (χ2v) is 5.92. The first-order valence-corrected chi connectivity index (χ1v) is 7.85. The summed E-state index contributed by atoms with van der Waals surface area (Å²) in [6, 6.07) is 9.43. The van der Waals surface area contributed by atoms with Crippen molar-refractivity contribution < 1.29 is 0 Å². The average Bonchev–Trinajstić information content (AvgIpc) is 2.58. The highest BCUT2D eigenvalue weighted by molar-refractivity contribution is 5.51. The number of nitrogens with zero attached hydrogens (tertiary/aromatic N) is 4. The van der Waals surface area contributed by atoms with Gasteiger partial charge in [0, 0.05) is 18.3 Å². The second-order valence-electron chi connectivity index (χ2n) is 5.92. The Kier molecular flexibility index (Phi) is 4.38. The van der Waals surface area contributed by atoms with Crippen LogP contribution in [0, 0.1) is 18.3 Å². The van der Waals surface area contributed by atoms with E-state index in [-0.39, 0.29) is 17.6 Å². The van der Waals surface area contributed by atoms with E-state index in [1.807, 2.05) is 6.92 Å². The first-order chi connectivity index (χ1) is 11.2. The van der Waals surface area contributed by atoms with E-state index in [4.69, 9.17) is 5.26 Å². The Balaban J connectivity index is 1.66. The number of aromatic nitrogens is 3. The molecule has 0 bridgehead atoms. The summed E-state index contributed by atoms with van der Waals surface area (Å²) in [7, 11) is 0. The molecule has 0 amide bonds. The van der Waals surface area contributed by atoms with Crippen LogP contribution < -0.4 is 10.9 Å². The van der Waals surface area contributed by atoms with Gasteiger partial charge in [0.25, 0.3) is 5.56 Å². The Bertz CT molecular complexity index is 784. The lowest BCUT2D eigenvalue weighted by molar-refractivity contribution is 0.302. The van der Waals surface area contributed by atoms with Crippen molar-refractivity contribution in [3.8, 4) is 6.07 Å². The fourth-order valence-corrected chi connectivity index (χ4v) is 3.05. The van der Waals surface area contributed by atoms with Crippen LogP contribution in [0.1, 0.15) is 43.0 Å². The predicted molar refractivity (Wildman–Crippen MR) is 87.1 cm³/mol. The molecule has 0 saturated heterocycles. The zero-order valence-corrected chi connectivity index (χ0v) is 13.1. The average molecular weight is 309 g/mol. The molecule has 0 atom stereocenters. The molecule has 2 heterocycles. The number of hydrogen-bond donors (Lipinski definition) is 1. The van der Waals surface area contributed by atoms with Crippen LogP contribution in [-0.2, 0) is 0 Å². The number of rotatable bonds is 3. The number of aryl methyl sites for hydroxylation is 1. The topological polar surface area (TPSA) is 83.6 Å². The quantitative estimate of drug-likeness (QED) is 0.941. The summed E-state index contributed by atoms with van der Waals surface area (Å²) < 4.78 is 1.62. The molecule has 0 aromatic carbocycles. The molecule has 1 aliphatic carbocycles. The van der Waals surface area contributed by atoms with Crippen molar-refractivity contribution in [2.75, 3.05) is 5.32 Å². The normalized spacial score (nSPS) is 20.7. The van der Waals surface area contributed by atoms with Gasteiger partial charge in [-0.25, -0.2) is 9.67 Å². The van der Waals surface area contributed by atoms with E-state index < -0.39 is 0 Å². The van der Waals surface area contributed by atoms with Gasteiger partial charge in [-0.15, -0.1) is 0 Å². The van der Waals surface area contributed by atoms with E-state index in [2.05, 4.69) is 21.5 Å². The van der Waals surface area contributed by atoms with E-state index >= 15 is 0 Å². The lowest BCUT2D eigenvalue weighted by Gasteiger charge is -2.30. The second kappa shape index (κ2) is 6.61. The predicted octanol–water partition coefficient (Wildman–Crippen LogP) is 2.41.